The fraction of sp³-hybridized carbons (Fsp3) is 0.304. The van der Waals surface area contributed by atoms with Crippen LogP contribution in [0.1, 0.15) is 22.7 Å². The quantitative estimate of drug-likeness (QED) is 0.377. The Labute approximate surface area is 171 Å². The number of aryl methyl sites for hydroxylation is 2. The van der Waals surface area contributed by atoms with E-state index in [0.29, 0.717) is 0 Å². The second-order valence-electron chi connectivity index (χ2n) is 8.01. The largest absolute Gasteiger partial charge is 0.244 e. The van der Waals surface area contributed by atoms with Gasteiger partial charge in [0, 0.05) is 0 Å². The molecule has 0 N–H and O–H groups in total. The first-order chi connectivity index (χ1) is 13.0. The van der Waals surface area contributed by atoms with E-state index < -0.39 is 24.1 Å². The lowest BCUT2D eigenvalue weighted by Gasteiger charge is -2.28. The minimum Gasteiger partial charge on any atom is -0.207 e. The van der Waals surface area contributed by atoms with E-state index in [-0.39, 0.29) is 11.4 Å². The van der Waals surface area contributed by atoms with Crippen LogP contribution in [0, 0.1) is 25.3 Å². The standard InChI is InChI=1S/C23H29NO2SSi/c1-7-23(21-13-9-19(2)10-14-21)24(17-8-18-28(4,5)6)27(25,26)22-15-11-20(3)12-16-22/h7,9-16,23H,1,17H2,2-6H3/t23-/m0/s1. The van der Waals surface area contributed by atoms with Gasteiger partial charge in [0.25, 0.3) is 0 Å². The third-order valence-corrected chi connectivity index (χ3v) is 7.05. The van der Waals surface area contributed by atoms with E-state index in [1.165, 1.54) is 4.31 Å². The Morgan fingerprint density at radius 1 is 1.00 bits per heavy atom. The normalized spacial score (nSPS) is 12.9. The lowest BCUT2D eigenvalue weighted by atomic mass is 10.1. The van der Waals surface area contributed by atoms with Gasteiger partial charge in [0.15, 0.2) is 0 Å². The van der Waals surface area contributed by atoms with Crippen molar-refractivity contribution in [3.8, 4) is 11.5 Å². The SMILES string of the molecule is C=C[C@@H](c1ccc(C)cc1)N(CC#C[Si](C)(C)C)S(=O)(=O)c1ccc(C)cc1. The fourth-order valence-electron chi connectivity index (χ4n) is 2.74. The number of hydrogen-bond donors (Lipinski definition) is 0. The highest BCUT2D eigenvalue weighted by Crippen LogP contribution is 2.29. The Morgan fingerprint density at radius 2 is 1.50 bits per heavy atom. The van der Waals surface area contributed by atoms with E-state index in [2.05, 4.69) is 37.7 Å². The van der Waals surface area contributed by atoms with Crippen molar-refractivity contribution in [1.29, 1.82) is 0 Å². The topological polar surface area (TPSA) is 37.4 Å². The lowest BCUT2D eigenvalue weighted by Crippen LogP contribution is -2.35. The van der Waals surface area contributed by atoms with E-state index in [1.54, 1.807) is 18.2 Å². The van der Waals surface area contributed by atoms with Crippen LogP contribution in [-0.2, 0) is 10.0 Å². The zero-order valence-electron chi connectivity index (χ0n) is 17.4. The molecule has 0 heterocycles. The molecule has 0 fully saturated rings. The molecule has 0 amide bonds. The highest BCUT2D eigenvalue weighted by Gasteiger charge is 2.30. The molecule has 2 aromatic carbocycles. The number of nitrogens with zero attached hydrogens (tertiary/aromatic N) is 1. The van der Waals surface area contributed by atoms with Gasteiger partial charge < -0.3 is 0 Å². The van der Waals surface area contributed by atoms with Gasteiger partial charge in [0.2, 0.25) is 10.0 Å². The van der Waals surface area contributed by atoms with E-state index >= 15 is 0 Å². The van der Waals surface area contributed by atoms with Crippen molar-refractivity contribution in [3.05, 3.63) is 77.9 Å². The first-order valence-electron chi connectivity index (χ1n) is 9.32. The average molecular weight is 412 g/mol. The predicted molar refractivity (Wildman–Crippen MR) is 120 cm³/mol. The molecule has 0 radical (unpaired) electrons. The van der Waals surface area contributed by atoms with Gasteiger partial charge in [-0.25, -0.2) is 8.42 Å². The van der Waals surface area contributed by atoms with Gasteiger partial charge in [-0.3, -0.25) is 0 Å². The number of rotatable bonds is 6. The van der Waals surface area contributed by atoms with Crippen LogP contribution in [0.3, 0.4) is 0 Å². The average Bonchev–Trinajstić information content (AvgIpc) is 2.61. The van der Waals surface area contributed by atoms with Crippen molar-refractivity contribution in [2.24, 2.45) is 0 Å². The van der Waals surface area contributed by atoms with Crippen molar-refractivity contribution in [2.75, 3.05) is 6.54 Å². The molecule has 0 bridgehead atoms. The van der Waals surface area contributed by atoms with Crippen LogP contribution in [-0.4, -0.2) is 27.3 Å². The van der Waals surface area contributed by atoms with Gasteiger partial charge in [-0.15, -0.1) is 12.1 Å². The molecule has 0 unspecified atom stereocenters. The maximum Gasteiger partial charge on any atom is 0.244 e. The molecule has 0 aromatic heterocycles. The summed E-state index contributed by atoms with van der Waals surface area (Å²) in [6.45, 7) is 14.4. The maximum absolute atomic E-state index is 13.5. The Hall–Kier alpha value is -2.13. The third kappa shape index (κ3) is 5.68. The minimum atomic E-state index is -3.73. The van der Waals surface area contributed by atoms with Crippen molar-refractivity contribution < 1.29 is 8.42 Å². The summed E-state index contributed by atoms with van der Waals surface area (Å²) in [5.74, 6) is 3.12. The van der Waals surface area contributed by atoms with Crippen molar-refractivity contribution in [1.82, 2.24) is 4.31 Å². The third-order valence-electron chi connectivity index (χ3n) is 4.28. The summed E-state index contributed by atoms with van der Waals surface area (Å²) in [5.41, 5.74) is 6.29. The van der Waals surface area contributed by atoms with E-state index in [0.717, 1.165) is 16.7 Å². The number of benzene rings is 2. The summed E-state index contributed by atoms with van der Waals surface area (Å²) < 4.78 is 28.4. The monoisotopic (exact) mass is 411 g/mol. The van der Waals surface area contributed by atoms with Crippen LogP contribution in [0.25, 0.3) is 0 Å². The molecule has 0 aliphatic carbocycles. The second kappa shape index (κ2) is 8.91. The molecule has 0 aliphatic heterocycles. The van der Waals surface area contributed by atoms with Crippen molar-refractivity contribution in [3.63, 3.8) is 0 Å². The minimum absolute atomic E-state index is 0.130. The van der Waals surface area contributed by atoms with Crippen LogP contribution >= 0.6 is 0 Å². The Balaban J connectivity index is 2.53. The molecule has 2 aromatic rings. The highest BCUT2D eigenvalue weighted by atomic mass is 32.2. The zero-order valence-corrected chi connectivity index (χ0v) is 19.2. The number of sulfonamides is 1. The van der Waals surface area contributed by atoms with Gasteiger partial charge in [0.1, 0.15) is 8.07 Å². The molecule has 1 atom stereocenters. The first-order valence-corrected chi connectivity index (χ1v) is 14.3. The van der Waals surface area contributed by atoms with Crippen molar-refractivity contribution in [2.45, 2.75) is 44.4 Å². The zero-order chi connectivity index (χ0) is 20.9. The van der Waals surface area contributed by atoms with E-state index in [1.807, 2.05) is 50.2 Å². The Morgan fingerprint density at radius 3 is 1.96 bits per heavy atom. The first kappa shape index (κ1) is 22.2. The van der Waals surface area contributed by atoms with Gasteiger partial charge in [-0.2, -0.15) is 4.31 Å². The lowest BCUT2D eigenvalue weighted by molar-refractivity contribution is 0.402. The highest BCUT2D eigenvalue weighted by molar-refractivity contribution is 7.89. The smallest absolute Gasteiger partial charge is 0.207 e. The fourth-order valence-corrected chi connectivity index (χ4v) is 4.85. The molecular formula is C23H29NO2SSi. The van der Waals surface area contributed by atoms with Gasteiger partial charge in [-0.1, -0.05) is 79.2 Å². The molecular weight excluding hydrogens is 382 g/mol. The second-order valence-corrected chi connectivity index (χ2v) is 14.6. The molecule has 0 aliphatic rings. The summed E-state index contributed by atoms with van der Waals surface area (Å²) in [4.78, 5) is 0.270. The van der Waals surface area contributed by atoms with Crippen LogP contribution in [0.2, 0.25) is 19.6 Å². The van der Waals surface area contributed by atoms with E-state index in [9.17, 15) is 8.42 Å². The molecule has 0 spiro atoms. The Kier molecular flexibility index (Phi) is 7.05. The molecule has 5 heteroatoms. The molecule has 0 saturated heterocycles. The van der Waals surface area contributed by atoms with Crippen LogP contribution in [0.15, 0.2) is 66.1 Å². The van der Waals surface area contributed by atoms with Gasteiger partial charge in [0.05, 0.1) is 17.5 Å². The van der Waals surface area contributed by atoms with Crippen molar-refractivity contribution >= 4 is 18.1 Å². The van der Waals surface area contributed by atoms with E-state index in [4.69, 9.17) is 0 Å². The maximum atomic E-state index is 13.5. The van der Waals surface area contributed by atoms with Crippen LogP contribution in [0.4, 0.5) is 0 Å². The molecule has 2 rings (SSSR count). The van der Waals surface area contributed by atoms with Crippen LogP contribution < -0.4 is 0 Å². The van der Waals surface area contributed by atoms with Gasteiger partial charge >= 0.3 is 0 Å². The summed E-state index contributed by atoms with van der Waals surface area (Å²) in [5, 5.41) is 0. The summed E-state index contributed by atoms with van der Waals surface area (Å²) in [6.07, 6.45) is 1.67. The summed E-state index contributed by atoms with van der Waals surface area (Å²) in [7, 11) is -5.34. The summed E-state index contributed by atoms with van der Waals surface area (Å²) >= 11 is 0. The molecule has 0 saturated carbocycles. The molecule has 3 nitrogen and oxygen atoms in total. The Bertz CT molecular complexity index is 976. The predicted octanol–water partition coefficient (Wildman–Crippen LogP) is 5.10. The molecule has 148 valence electrons. The van der Waals surface area contributed by atoms with Crippen LogP contribution in [0.5, 0.6) is 0 Å². The number of hydrogen-bond acceptors (Lipinski definition) is 2. The summed E-state index contributed by atoms with van der Waals surface area (Å²) in [6, 6.07) is 14.3. The van der Waals surface area contributed by atoms with Gasteiger partial charge in [-0.05, 0) is 31.5 Å². The molecule has 28 heavy (non-hydrogen) atoms.